The Labute approximate surface area is 107 Å². The highest BCUT2D eigenvalue weighted by Crippen LogP contribution is 2.15. The van der Waals surface area contributed by atoms with Crippen LogP contribution in [0.4, 0.5) is 0 Å². The van der Waals surface area contributed by atoms with Crippen molar-refractivity contribution in [3.05, 3.63) is 30.3 Å². The molecule has 0 atom stereocenters. The molecule has 7 heteroatoms. The van der Waals surface area contributed by atoms with E-state index in [1.165, 1.54) is 12.1 Å². The Morgan fingerprint density at radius 1 is 1.39 bits per heavy atom. The standard InChI is InChI=1S/C11H17N3O3S/c1-11(2,10(12)14-15)8-13-18(16,17)9-6-4-3-5-7-9/h3-7,13,15H,8H2,1-2H3,(H2,12,14). The number of sulfonamides is 1. The molecule has 0 heterocycles. The van der Waals surface area contributed by atoms with Gasteiger partial charge in [0, 0.05) is 12.0 Å². The molecule has 0 aromatic heterocycles. The summed E-state index contributed by atoms with van der Waals surface area (Å²) in [4.78, 5) is 0.181. The summed E-state index contributed by atoms with van der Waals surface area (Å²) in [5.74, 6) is -0.0294. The van der Waals surface area contributed by atoms with Crippen LogP contribution in [0.3, 0.4) is 0 Å². The summed E-state index contributed by atoms with van der Waals surface area (Å²) in [6.45, 7) is 3.39. The van der Waals surface area contributed by atoms with E-state index in [4.69, 9.17) is 10.9 Å². The molecule has 1 aromatic carbocycles. The van der Waals surface area contributed by atoms with Crippen molar-refractivity contribution < 1.29 is 13.6 Å². The maximum Gasteiger partial charge on any atom is 0.240 e. The first-order valence-electron chi connectivity index (χ1n) is 5.32. The van der Waals surface area contributed by atoms with Crippen LogP contribution in [-0.4, -0.2) is 26.0 Å². The van der Waals surface area contributed by atoms with E-state index in [0.29, 0.717) is 0 Å². The van der Waals surface area contributed by atoms with Crippen LogP contribution in [0, 0.1) is 5.41 Å². The van der Waals surface area contributed by atoms with Crippen LogP contribution < -0.4 is 10.5 Å². The van der Waals surface area contributed by atoms with Crippen molar-refractivity contribution in [3.63, 3.8) is 0 Å². The lowest BCUT2D eigenvalue weighted by Gasteiger charge is -2.22. The second kappa shape index (κ2) is 5.36. The molecule has 4 N–H and O–H groups in total. The van der Waals surface area contributed by atoms with Gasteiger partial charge >= 0.3 is 0 Å². The Bertz CT molecular complexity index is 524. The van der Waals surface area contributed by atoms with Crippen LogP contribution in [0.2, 0.25) is 0 Å². The number of nitrogens with zero attached hydrogens (tertiary/aromatic N) is 1. The van der Waals surface area contributed by atoms with E-state index in [9.17, 15) is 8.42 Å². The zero-order chi connectivity index (χ0) is 13.8. The summed E-state index contributed by atoms with van der Waals surface area (Å²) in [6.07, 6.45) is 0. The van der Waals surface area contributed by atoms with Crippen molar-refractivity contribution >= 4 is 15.9 Å². The summed E-state index contributed by atoms with van der Waals surface area (Å²) in [6, 6.07) is 8.02. The average molecular weight is 271 g/mol. The summed E-state index contributed by atoms with van der Waals surface area (Å²) in [7, 11) is -3.58. The molecular weight excluding hydrogens is 254 g/mol. The largest absolute Gasteiger partial charge is 0.409 e. The fourth-order valence-corrected chi connectivity index (χ4v) is 2.42. The number of hydrogen-bond acceptors (Lipinski definition) is 4. The second-order valence-corrected chi connectivity index (χ2v) is 6.27. The first kappa shape index (κ1) is 14.5. The normalized spacial score (nSPS) is 13.6. The number of oxime groups is 1. The molecule has 0 aliphatic heterocycles. The molecule has 18 heavy (non-hydrogen) atoms. The van der Waals surface area contributed by atoms with Crippen LogP contribution in [0.5, 0.6) is 0 Å². The van der Waals surface area contributed by atoms with Crippen molar-refractivity contribution in [1.82, 2.24) is 4.72 Å². The van der Waals surface area contributed by atoms with E-state index in [-0.39, 0.29) is 17.3 Å². The minimum absolute atomic E-state index is 0.0294. The van der Waals surface area contributed by atoms with Crippen LogP contribution >= 0.6 is 0 Å². The number of hydrogen-bond donors (Lipinski definition) is 3. The monoisotopic (exact) mass is 271 g/mol. The van der Waals surface area contributed by atoms with E-state index in [0.717, 1.165) is 0 Å². The highest BCUT2D eigenvalue weighted by molar-refractivity contribution is 7.89. The van der Waals surface area contributed by atoms with Crippen molar-refractivity contribution in [2.24, 2.45) is 16.3 Å². The number of amidine groups is 1. The van der Waals surface area contributed by atoms with Gasteiger partial charge in [-0.25, -0.2) is 13.1 Å². The van der Waals surface area contributed by atoms with Gasteiger partial charge in [-0.2, -0.15) is 0 Å². The predicted molar refractivity (Wildman–Crippen MR) is 68.8 cm³/mol. The molecule has 0 saturated heterocycles. The zero-order valence-electron chi connectivity index (χ0n) is 10.3. The molecule has 0 radical (unpaired) electrons. The molecule has 0 amide bonds. The van der Waals surface area contributed by atoms with E-state index < -0.39 is 15.4 Å². The molecule has 0 spiro atoms. The molecule has 1 rings (SSSR count). The topological polar surface area (TPSA) is 105 Å². The molecule has 0 saturated carbocycles. The Kier molecular flexibility index (Phi) is 4.31. The Balaban J connectivity index is 2.81. The minimum Gasteiger partial charge on any atom is -0.409 e. The number of nitrogens with one attached hydrogen (secondary N) is 1. The number of benzene rings is 1. The zero-order valence-corrected chi connectivity index (χ0v) is 11.1. The van der Waals surface area contributed by atoms with Gasteiger partial charge in [-0.15, -0.1) is 0 Å². The third kappa shape index (κ3) is 3.44. The summed E-state index contributed by atoms with van der Waals surface area (Å²) in [5.41, 5.74) is 4.72. The lowest BCUT2D eigenvalue weighted by atomic mass is 9.93. The third-order valence-electron chi connectivity index (χ3n) is 2.56. The second-order valence-electron chi connectivity index (χ2n) is 4.51. The van der Waals surface area contributed by atoms with Gasteiger partial charge in [0.05, 0.1) is 4.90 Å². The quantitative estimate of drug-likeness (QED) is 0.318. The summed E-state index contributed by atoms with van der Waals surface area (Å²) >= 11 is 0. The van der Waals surface area contributed by atoms with Crippen molar-refractivity contribution in [2.45, 2.75) is 18.7 Å². The molecule has 0 bridgehead atoms. The van der Waals surface area contributed by atoms with Crippen molar-refractivity contribution in [3.8, 4) is 0 Å². The average Bonchev–Trinajstić information content (AvgIpc) is 2.36. The minimum atomic E-state index is -3.58. The first-order chi connectivity index (χ1) is 8.29. The highest BCUT2D eigenvalue weighted by Gasteiger charge is 2.26. The molecule has 0 unspecified atom stereocenters. The first-order valence-corrected chi connectivity index (χ1v) is 6.80. The lowest BCUT2D eigenvalue weighted by Crippen LogP contribution is -2.42. The van der Waals surface area contributed by atoms with E-state index >= 15 is 0 Å². The smallest absolute Gasteiger partial charge is 0.240 e. The van der Waals surface area contributed by atoms with E-state index in [2.05, 4.69) is 9.88 Å². The van der Waals surface area contributed by atoms with E-state index in [1.807, 2.05) is 0 Å². The highest BCUT2D eigenvalue weighted by atomic mass is 32.2. The fourth-order valence-electron chi connectivity index (χ4n) is 1.18. The Morgan fingerprint density at radius 3 is 2.44 bits per heavy atom. The molecule has 6 nitrogen and oxygen atoms in total. The molecular formula is C11H17N3O3S. The van der Waals surface area contributed by atoms with Gasteiger partial charge in [0.25, 0.3) is 0 Å². The van der Waals surface area contributed by atoms with Crippen LogP contribution in [-0.2, 0) is 10.0 Å². The fraction of sp³-hybridized carbons (Fsp3) is 0.364. The van der Waals surface area contributed by atoms with Gasteiger partial charge in [0.1, 0.15) is 5.84 Å². The molecule has 0 fully saturated rings. The van der Waals surface area contributed by atoms with Crippen molar-refractivity contribution in [2.75, 3.05) is 6.54 Å². The summed E-state index contributed by atoms with van der Waals surface area (Å²) < 4.78 is 26.3. The molecule has 0 aliphatic rings. The maximum absolute atomic E-state index is 11.9. The van der Waals surface area contributed by atoms with Crippen LogP contribution in [0.1, 0.15) is 13.8 Å². The van der Waals surface area contributed by atoms with Gasteiger partial charge in [-0.1, -0.05) is 37.2 Å². The van der Waals surface area contributed by atoms with E-state index in [1.54, 1.807) is 32.0 Å². The Hall–Kier alpha value is -1.60. The SMILES string of the molecule is CC(C)(CNS(=O)(=O)c1ccccc1)/C(N)=N/O. The van der Waals surface area contributed by atoms with Crippen LogP contribution in [0.15, 0.2) is 40.4 Å². The third-order valence-corrected chi connectivity index (χ3v) is 3.98. The summed E-state index contributed by atoms with van der Waals surface area (Å²) in [5, 5.41) is 11.5. The Morgan fingerprint density at radius 2 is 1.94 bits per heavy atom. The van der Waals surface area contributed by atoms with Crippen LogP contribution in [0.25, 0.3) is 0 Å². The lowest BCUT2D eigenvalue weighted by molar-refractivity contribution is 0.307. The predicted octanol–water partition coefficient (Wildman–Crippen LogP) is 0.738. The van der Waals surface area contributed by atoms with Gasteiger partial charge in [0.15, 0.2) is 0 Å². The molecule has 1 aromatic rings. The maximum atomic E-state index is 11.9. The van der Waals surface area contributed by atoms with Gasteiger partial charge in [-0.05, 0) is 12.1 Å². The van der Waals surface area contributed by atoms with Gasteiger partial charge in [-0.3, -0.25) is 0 Å². The number of nitrogens with two attached hydrogens (primary N) is 1. The molecule has 100 valence electrons. The van der Waals surface area contributed by atoms with Gasteiger partial charge in [0.2, 0.25) is 10.0 Å². The van der Waals surface area contributed by atoms with Gasteiger partial charge < -0.3 is 10.9 Å². The molecule has 0 aliphatic carbocycles. The number of rotatable bonds is 5. The van der Waals surface area contributed by atoms with Crippen molar-refractivity contribution in [1.29, 1.82) is 0 Å².